The van der Waals surface area contributed by atoms with Crippen molar-refractivity contribution in [1.82, 2.24) is 0 Å². The molecule has 0 spiro atoms. The summed E-state index contributed by atoms with van der Waals surface area (Å²) in [6.45, 7) is 12.8. The zero-order valence-electron chi connectivity index (χ0n) is 19.3. The molecule has 164 valence electrons. The van der Waals surface area contributed by atoms with E-state index in [1.165, 1.54) is 0 Å². The molecule has 0 bridgehead atoms. The molecule has 4 rings (SSSR count). The van der Waals surface area contributed by atoms with Crippen molar-refractivity contribution in [1.29, 1.82) is 0 Å². The van der Waals surface area contributed by atoms with E-state index >= 15 is 0 Å². The number of aliphatic hydroxyl groups is 1. The van der Waals surface area contributed by atoms with Gasteiger partial charge in [0.25, 0.3) is 0 Å². The number of benzene rings is 1. The maximum Gasteiger partial charge on any atom is 0.340 e. The van der Waals surface area contributed by atoms with E-state index in [9.17, 15) is 9.90 Å². The van der Waals surface area contributed by atoms with Gasteiger partial charge in [0.15, 0.2) is 0 Å². The lowest BCUT2D eigenvalue weighted by Gasteiger charge is -2.43. The average molecular weight is 437 g/mol. The molecule has 1 atom stereocenters. The highest BCUT2D eigenvalue weighted by Crippen LogP contribution is 2.52. The average Bonchev–Trinajstić information content (AvgIpc) is 3.27. The lowest BCUT2D eigenvalue weighted by atomic mass is 9.66. The minimum Gasteiger partial charge on any atom is -0.466 e. The predicted octanol–water partition coefficient (Wildman–Crippen LogP) is 5.20. The summed E-state index contributed by atoms with van der Waals surface area (Å²) in [6, 6.07) is 13.9. The molecule has 0 amide bonds. The van der Waals surface area contributed by atoms with Gasteiger partial charge in [0.05, 0.1) is 11.0 Å². The van der Waals surface area contributed by atoms with Crippen LogP contribution in [0.4, 0.5) is 0 Å². The summed E-state index contributed by atoms with van der Waals surface area (Å²) in [5.41, 5.74) is 1.90. The van der Waals surface area contributed by atoms with Gasteiger partial charge in [-0.2, -0.15) is 0 Å². The molecule has 1 N–H and O–H groups in total. The molecule has 1 unspecified atom stereocenters. The highest BCUT2D eigenvalue weighted by atomic mass is 28.3. The Labute approximate surface area is 185 Å². The molecule has 2 aromatic rings. The van der Waals surface area contributed by atoms with Gasteiger partial charge in [0, 0.05) is 36.0 Å². The van der Waals surface area contributed by atoms with Crippen molar-refractivity contribution in [3.8, 4) is 0 Å². The van der Waals surface area contributed by atoms with Crippen molar-refractivity contribution in [3.63, 3.8) is 0 Å². The van der Waals surface area contributed by atoms with E-state index in [-0.39, 0.29) is 11.4 Å². The molecule has 31 heavy (non-hydrogen) atoms. The van der Waals surface area contributed by atoms with E-state index < -0.39 is 13.7 Å². The zero-order chi connectivity index (χ0) is 22.6. The predicted molar refractivity (Wildman–Crippen MR) is 126 cm³/mol. The number of hydrogen-bond acceptors (Lipinski definition) is 4. The fraction of sp³-hybridized carbons (Fsp3) is 0.423. The Hall–Kier alpha value is -2.37. The number of fused-ring (bicyclic) bond motifs is 1. The smallest absolute Gasteiger partial charge is 0.340 e. The Balaban J connectivity index is 1.87. The van der Waals surface area contributed by atoms with Crippen molar-refractivity contribution in [2.75, 3.05) is 0 Å². The van der Waals surface area contributed by atoms with Crippen LogP contribution in [0.1, 0.15) is 44.9 Å². The quantitative estimate of drug-likeness (QED) is 0.528. The first-order chi connectivity index (χ1) is 14.4. The number of rotatable bonds is 4. The Morgan fingerprint density at radius 1 is 1.00 bits per heavy atom. The number of carbonyl (C=O) groups excluding carboxylic acids is 1. The minimum atomic E-state index is -1.63. The van der Waals surface area contributed by atoms with Gasteiger partial charge in [-0.15, -0.1) is 0 Å². The summed E-state index contributed by atoms with van der Waals surface area (Å²) in [6.07, 6.45) is 1.27. The number of furan rings is 1. The SMILES string of the molecule is CC(C)(C)C1(O)CC2=C(Cc3ccccc3)C(=O)OC2=C(c2ccc([Si](C)(C)C)o2)C1. The van der Waals surface area contributed by atoms with Crippen LogP contribution in [-0.4, -0.2) is 24.8 Å². The molecule has 0 saturated carbocycles. The van der Waals surface area contributed by atoms with Crippen molar-refractivity contribution >= 4 is 25.0 Å². The third-order valence-electron chi connectivity index (χ3n) is 6.55. The Morgan fingerprint density at radius 3 is 2.23 bits per heavy atom. The van der Waals surface area contributed by atoms with Crippen molar-refractivity contribution in [2.24, 2.45) is 5.41 Å². The number of hydrogen-bond donors (Lipinski definition) is 1. The van der Waals surface area contributed by atoms with E-state index in [0.717, 1.165) is 22.1 Å². The third kappa shape index (κ3) is 3.97. The highest BCUT2D eigenvalue weighted by Gasteiger charge is 2.49. The van der Waals surface area contributed by atoms with Gasteiger partial charge in [0.2, 0.25) is 0 Å². The molecule has 1 aliphatic carbocycles. The van der Waals surface area contributed by atoms with Gasteiger partial charge in [-0.25, -0.2) is 4.79 Å². The second-order valence-electron chi connectivity index (χ2n) is 10.9. The number of allylic oxidation sites excluding steroid dienone is 1. The van der Waals surface area contributed by atoms with Crippen LogP contribution >= 0.6 is 0 Å². The van der Waals surface area contributed by atoms with Crippen molar-refractivity contribution in [2.45, 2.75) is 65.3 Å². The molecular weight excluding hydrogens is 404 g/mol. The van der Waals surface area contributed by atoms with E-state index in [4.69, 9.17) is 9.15 Å². The molecular formula is C26H32O4Si. The van der Waals surface area contributed by atoms with Crippen LogP contribution in [0.5, 0.6) is 0 Å². The topological polar surface area (TPSA) is 59.7 Å². The summed E-state index contributed by atoms with van der Waals surface area (Å²) in [5, 5.41) is 12.8. The minimum absolute atomic E-state index is 0.318. The van der Waals surface area contributed by atoms with Crippen molar-refractivity contribution < 1.29 is 19.1 Å². The Kier molecular flexibility index (Phi) is 5.18. The van der Waals surface area contributed by atoms with Gasteiger partial charge in [-0.1, -0.05) is 70.7 Å². The molecule has 1 aromatic heterocycles. The molecule has 0 saturated heterocycles. The van der Waals surface area contributed by atoms with Crippen LogP contribution < -0.4 is 5.38 Å². The maximum atomic E-state index is 12.9. The molecule has 1 aromatic carbocycles. The molecule has 5 heteroatoms. The van der Waals surface area contributed by atoms with E-state index in [0.29, 0.717) is 36.4 Å². The summed E-state index contributed by atoms with van der Waals surface area (Å²) in [4.78, 5) is 12.9. The summed E-state index contributed by atoms with van der Waals surface area (Å²) in [5.74, 6) is 0.962. The standard InChI is InChI=1S/C26H32O4Si/c1-25(2,3)26(28)15-19-18(14-17-10-8-7-9-11-17)24(27)30-23(19)20(16-26)21-12-13-22(29-21)31(4,5)6/h7-13,28H,14-16H2,1-6H3. The second kappa shape index (κ2) is 7.35. The van der Waals surface area contributed by atoms with Gasteiger partial charge < -0.3 is 14.3 Å². The molecule has 2 heterocycles. The number of carbonyl (C=O) groups is 1. The normalized spacial score (nSPS) is 22.1. The lowest BCUT2D eigenvalue weighted by molar-refractivity contribution is -0.133. The van der Waals surface area contributed by atoms with Crippen LogP contribution in [-0.2, 0) is 16.0 Å². The monoisotopic (exact) mass is 436 g/mol. The first kappa shape index (κ1) is 21.8. The first-order valence-electron chi connectivity index (χ1n) is 10.9. The summed E-state index contributed by atoms with van der Waals surface area (Å²) >= 11 is 0. The van der Waals surface area contributed by atoms with E-state index in [2.05, 4.69) is 19.6 Å². The van der Waals surface area contributed by atoms with Crippen LogP contribution in [0.3, 0.4) is 0 Å². The fourth-order valence-corrected chi connectivity index (χ4v) is 5.25. The second-order valence-corrected chi connectivity index (χ2v) is 15.9. The summed E-state index contributed by atoms with van der Waals surface area (Å²) in [7, 11) is -1.63. The zero-order valence-corrected chi connectivity index (χ0v) is 20.3. The van der Waals surface area contributed by atoms with Crippen LogP contribution in [0.2, 0.25) is 19.6 Å². The molecule has 1 aliphatic heterocycles. The van der Waals surface area contributed by atoms with Crippen LogP contribution in [0.25, 0.3) is 5.57 Å². The Morgan fingerprint density at radius 2 is 1.65 bits per heavy atom. The van der Waals surface area contributed by atoms with Gasteiger partial charge >= 0.3 is 5.97 Å². The molecule has 0 radical (unpaired) electrons. The fourth-order valence-electron chi connectivity index (χ4n) is 4.25. The van der Waals surface area contributed by atoms with Crippen LogP contribution in [0.15, 0.2) is 63.8 Å². The summed E-state index contributed by atoms with van der Waals surface area (Å²) < 4.78 is 12.1. The highest BCUT2D eigenvalue weighted by molar-refractivity contribution is 6.87. The maximum absolute atomic E-state index is 12.9. The van der Waals surface area contributed by atoms with E-state index in [1.807, 2.05) is 63.2 Å². The lowest BCUT2D eigenvalue weighted by Crippen LogP contribution is -2.45. The van der Waals surface area contributed by atoms with Gasteiger partial charge in [0.1, 0.15) is 19.6 Å². The van der Waals surface area contributed by atoms with Gasteiger partial charge in [-0.05, 0) is 23.1 Å². The Bertz CT molecular complexity index is 1080. The molecule has 0 fully saturated rings. The molecule has 2 aliphatic rings. The van der Waals surface area contributed by atoms with Crippen molar-refractivity contribution in [3.05, 3.63) is 70.7 Å². The van der Waals surface area contributed by atoms with E-state index in [1.54, 1.807) is 0 Å². The molecule has 4 nitrogen and oxygen atoms in total. The largest absolute Gasteiger partial charge is 0.466 e. The van der Waals surface area contributed by atoms with Crippen LogP contribution in [0, 0.1) is 5.41 Å². The first-order valence-corrected chi connectivity index (χ1v) is 14.4. The number of esters is 1. The third-order valence-corrected chi connectivity index (χ3v) is 8.30. The number of ether oxygens (including phenoxy) is 1. The van der Waals surface area contributed by atoms with Gasteiger partial charge in [-0.3, -0.25) is 0 Å².